The molecule has 0 heterocycles. The van der Waals surface area contributed by atoms with E-state index in [1.165, 1.54) is 0 Å². The molecule has 0 unspecified atom stereocenters. The highest BCUT2D eigenvalue weighted by Crippen LogP contribution is 2.17. The molecule has 0 aliphatic carbocycles. The van der Waals surface area contributed by atoms with Crippen LogP contribution in [0.1, 0.15) is 13.8 Å². The average molecular weight is 187 g/mol. The maximum Gasteiger partial charge on any atom is 0.0726 e. The van der Waals surface area contributed by atoms with Crippen LogP contribution in [0.3, 0.4) is 0 Å². The van der Waals surface area contributed by atoms with Crippen LogP contribution in [0, 0.1) is 0 Å². The van der Waals surface area contributed by atoms with E-state index < -0.39 is 0 Å². The number of hydrogen-bond donors (Lipinski definition) is 0. The Morgan fingerprint density at radius 1 is 1.14 bits per heavy atom. The minimum Gasteiger partial charge on any atom is -0.261 e. The summed E-state index contributed by atoms with van der Waals surface area (Å²) < 4.78 is 0. The molecule has 0 spiro atoms. The molecule has 0 saturated carbocycles. The van der Waals surface area contributed by atoms with Crippen molar-refractivity contribution < 1.29 is 0 Å². The van der Waals surface area contributed by atoms with Crippen molar-refractivity contribution in [1.29, 1.82) is 0 Å². The minimum absolute atomic E-state index is 0.886. The monoisotopic (exact) mass is 187 g/mol. The zero-order valence-electron chi connectivity index (χ0n) is 8.96. The third-order valence-electron chi connectivity index (χ3n) is 1.71. The summed E-state index contributed by atoms with van der Waals surface area (Å²) in [7, 11) is 0. The number of nitrogens with zero attached hydrogens (tertiary/aromatic N) is 1. The van der Waals surface area contributed by atoms with E-state index in [2.05, 4.69) is 24.7 Å². The van der Waals surface area contributed by atoms with Gasteiger partial charge in [-0.2, -0.15) is 0 Å². The predicted octanol–water partition coefficient (Wildman–Crippen LogP) is 3.84. The maximum atomic E-state index is 4.28. The lowest BCUT2D eigenvalue weighted by Gasteiger charge is -2.04. The number of rotatable bonds is 5. The molecule has 0 N–H and O–H groups in total. The van der Waals surface area contributed by atoms with Gasteiger partial charge in [0.05, 0.1) is 5.70 Å². The Hall–Kier alpha value is -1.63. The smallest absolute Gasteiger partial charge is 0.0726 e. The topological polar surface area (TPSA) is 12.4 Å². The van der Waals surface area contributed by atoms with Crippen molar-refractivity contribution in [2.24, 2.45) is 4.99 Å². The molecule has 0 fully saturated rings. The first kappa shape index (κ1) is 12.4. The molecule has 74 valence electrons. The molecule has 0 aromatic carbocycles. The highest BCUT2D eigenvalue weighted by atomic mass is 14.7. The zero-order chi connectivity index (χ0) is 11.0. The van der Waals surface area contributed by atoms with Crippen molar-refractivity contribution in [2.45, 2.75) is 13.8 Å². The molecule has 0 rings (SSSR count). The Labute approximate surface area is 86.6 Å². The molecule has 1 nitrogen and oxygen atoms in total. The molecule has 0 amide bonds. The van der Waals surface area contributed by atoms with Gasteiger partial charge in [-0.1, -0.05) is 44.0 Å². The van der Waals surface area contributed by atoms with E-state index in [0.29, 0.717) is 0 Å². The van der Waals surface area contributed by atoms with Crippen LogP contribution in [0.15, 0.2) is 65.9 Å². The third kappa shape index (κ3) is 3.40. The maximum absolute atomic E-state index is 4.28. The van der Waals surface area contributed by atoms with Crippen molar-refractivity contribution in [3.63, 3.8) is 0 Å². The molecule has 0 radical (unpaired) electrons. The van der Waals surface area contributed by atoms with Gasteiger partial charge in [-0.25, -0.2) is 0 Å². The minimum atomic E-state index is 0.886. The molecule has 0 aliphatic rings. The van der Waals surface area contributed by atoms with E-state index >= 15 is 0 Å². The largest absolute Gasteiger partial charge is 0.261 e. The van der Waals surface area contributed by atoms with Gasteiger partial charge in [0.15, 0.2) is 0 Å². The standard InChI is InChI=1S/C13H17N/c1-6-10-11(5)13(14-9-4)12(7-2)8-3/h6-10H,1-3H2,4-5H3/b11-10-,14-9-. The van der Waals surface area contributed by atoms with Crippen LogP contribution in [0.25, 0.3) is 0 Å². The summed E-state index contributed by atoms with van der Waals surface area (Å²) in [5.74, 6) is 0. The summed E-state index contributed by atoms with van der Waals surface area (Å²) in [4.78, 5) is 4.28. The summed E-state index contributed by atoms with van der Waals surface area (Å²) in [6.07, 6.45) is 8.90. The quantitative estimate of drug-likeness (QED) is 0.458. The van der Waals surface area contributed by atoms with E-state index in [-0.39, 0.29) is 0 Å². The van der Waals surface area contributed by atoms with Crippen molar-refractivity contribution in [3.8, 4) is 0 Å². The van der Waals surface area contributed by atoms with E-state index in [0.717, 1.165) is 16.8 Å². The van der Waals surface area contributed by atoms with Gasteiger partial charge in [-0.3, -0.25) is 4.99 Å². The molecule has 0 aromatic heterocycles. The molecular formula is C13H17N. The van der Waals surface area contributed by atoms with Crippen LogP contribution in [-0.2, 0) is 0 Å². The normalized spacial score (nSPS) is 11.1. The fraction of sp³-hybridized carbons (Fsp3) is 0.154. The molecule has 0 aromatic rings. The number of hydrogen-bond acceptors (Lipinski definition) is 1. The van der Waals surface area contributed by atoms with Crippen molar-refractivity contribution in [3.05, 3.63) is 60.9 Å². The van der Waals surface area contributed by atoms with Crippen molar-refractivity contribution in [1.82, 2.24) is 0 Å². The summed E-state index contributed by atoms with van der Waals surface area (Å²) in [5.41, 5.74) is 2.86. The first-order chi connectivity index (χ1) is 6.71. The van der Waals surface area contributed by atoms with Gasteiger partial charge >= 0.3 is 0 Å². The fourth-order valence-corrected chi connectivity index (χ4v) is 1.07. The first-order valence-electron chi connectivity index (χ1n) is 4.48. The second-order valence-electron chi connectivity index (χ2n) is 2.68. The Morgan fingerprint density at radius 3 is 2.07 bits per heavy atom. The van der Waals surface area contributed by atoms with Gasteiger partial charge < -0.3 is 0 Å². The molecule has 0 aliphatic heterocycles. The van der Waals surface area contributed by atoms with E-state index in [1.807, 2.05) is 19.9 Å². The van der Waals surface area contributed by atoms with Crippen LogP contribution in [-0.4, -0.2) is 6.21 Å². The second kappa shape index (κ2) is 6.84. The molecule has 0 atom stereocenters. The number of aliphatic imine (C=N–C) groups is 1. The Kier molecular flexibility index (Phi) is 6.04. The highest BCUT2D eigenvalue weighted by molar-refractivity contribution is 5.59. The molecule has 14 heavy (non-hydrogen) atoms. The average Bonchev–Trinajstić information content (AvgIpc) is 2.18. The number of allylic oxidation sites excluding steroid dienone is 6. The highest BCUT2D eigenvalue weighted by Gasteiger charge is 2.00. The van der Waals surface area contributed by atoms with Crippen LogP contribution in [0.2, 0.25) is 0 Å². The van der Waals surface area contributed by atoms with Gasteiger partial charge in [0.1, 0.15) is 0 Å². The zero-order valence-corrected chi connectivity index (χ0v) is 8.96. The van der Waals surface area contributed by atoms with Crippen LogP contribution >= 0.6 is 0 Å². The van der Waals surface area contributed by atoms with Crippen LogP contribution < -0.4 is 0 Å². The second-order valence-corrected chi connectivity index (χ2v) is 2.68. The predicted molar refractivity (Wildman–Crippen MR) is 65.5 cm³/mol. The lowest BCUT2D eigenvalue weighted by Crippen LogP contribution is -1.87. The van der Waals surface area contributed by atoms with Crippen molar-refractivity contribution >= 4 is 6.21 Å². The van der Waals surface area contributed by atoms with Crippen LogP contribution in [0.4, 0.5) is 0 Å². The first-order valence-corrected chi connectivity index (χ1v) is 4.48. The molecular weight excluding hydrogens is 170 g/mol. The van der Waals surface area contributed by atoms with Gasteiger partial charge in [-0.05, 0) is 25.0 Å². The van der Waals surface area contributed by atoms with Crippen molar-refractivity contribution in [2.75, 3.05) is 0 Å². The summed E-state index contributed by atoms with van der Waals surface area (Å²) in [6, 6.07) is 0. The fourth-order valence-electron chi connectivity index (χ4n) is 1.07. The van der Waals surface area contributed by atoms with Gasteiger partial charge in [0, 0.05) is 6.21 Å². The van der Waals surface area contributed by atoms with Crippen LogP contribution in [0.5, 0.6) is 0 Å². The third-order valence-corrected chi connectivity index (χ3v) is 1.71. The molecule has 0 bridgehead atoms. The van der Waals surface area contributed by atoms with Gasteiger partial charge in [0.25, 0.3) is 0 Å². The summed E-state index contributed by atoms with van der Waals surface area (Å²) in [5, 5.41) is 0. The molecule has 0 saturated heterocycles. The van der Waals surface area contributed by atoms with E-state index in [4.69, 9.17) is 0 Å². The van der Waals surface area contributed by atoms with E-state index in [9.17, 15) is 0 Å². The van der Waals surface area contributed by atoms with Gasteiger partial charge in [0.2, 0.25) is 0 Å². The Morgan fingerprint density at radius 2 is 1.71 bits per heavy atom. The Bertz CT molecular complexity index is 304. The molecule has 1 heteroatoms. The summed E-state index contributed by atoms with van der Waals surface area (Å²) >= 11 is 0. The lowest BCUT2D eigenvalue weighted by molar-refractivity contribution is 1.26. The van der Waals surface area contributed by atoms with Gasteiger partial charge in [-0.15, -0.1) is 0 Å². The summed E-state index contributed by atoms with van der Waals surface area (Å²) in [6.45, 7) is 15.0. The lowest BCUT2D eigenvalue weighted by atomic mass is 10.1. The van der Waals surface area contributed by atoms with E-state index in [1.54, 1.807) is 24.4 Å². The Balaban J connectivity index is 5.42. The SMILES string of the molecule is C=C/C=C(/C)C(/N=C\C)=C(C=C)C=C.